The molecule has 6 amide bonds. The Hall–Kier alpha value is -5.22. The van der Waals surface area contributed by atoms with Gasteiger partial charge in [-0.25, -0.2) is 13.2 Å². The first kappa shape index (κ1) is 93.0. The third kappa shape index (κ3) is 31.9. The van der Waals surface area contributed by atoms with Gasteiger partial charge in [0.25, 0.3) is 18.3 Å². The molecular formula is C69H88Cl4F3K2N15O11. The van der Waals surface area contributed by atoms with E-state index in [2.05, 4.69) is 72.2 Å². The molecule has 3 aliphatic rings. The molecule has 35 heteroatoms. The van der Waals surface area contributed by atoms with Gasteiger partial charge < -0.3 is 74.7 Å². The van der Waals surface area contributed by atoms with Gasteiger partial charge in [0.2, 0.25) is 23.6 Å². The zero-order valence-electron chi connectivity index (χ0n) is 59.9. The molecule has 3 saturated heterocycles. The maximum atomic E-state index is 14.2. The van der Waals surface area contributed by atoms with Crippen LogP contribution in [0, 0.1) is 35.2 Å². The third-order valence-corrected chi connectivity index (χ3v) is 17.9. The van der Waals surface area contributed by atoms with Crippen molar-refractivity contribution >= 4 is 116 Å². The number of carboxylic acids is 1. The number of hydrogen-bond donors (Lipinski definition) is 8. The first-order chi connectivity index (χ1) is 48.8. The van der Waals surface area contributed by atoms with E-state index in [-0.39, 0.29) is 218 Å². The zero-order valence-corrected chi connectivity index (χ0v) is 68.1. The average Bonchev–Trinajstić information content (AvgIpc) is 1.65. The molecular weight excluding hydrogens is 1490 g/mol. The maximum Gasteiger partial charge on any atom is 1.00 e. The molecule has 5 aromatic carbocycles. The van der Waals surface area contributed by atoms with Crippen LogP contribution < -0.4 is 146 Å². The quantitative estimate of drug-likeness (QED) is 0.0136. The van der Waals surface area contributed by atoms with E-state index in [1.54, 1.807) is 84.9 Å². The van der Waals surface area contributed by atoms with Crippen molar-refractivity contribution in [2.45, 2.75) is 71.2 Å². The normalized spacial score (nSPS) is 14.0. The number of alkyl halides is 1. The molecule has 0 bridgehead atoms. The molecule has 5 heterocycles. The molecule has 2 aromatic heterocycles. The molecule has 0 unspecified atom stereocenters. The molecule has 0 aliphatic carbocycles. The summed E-state index contributed by atoms with van der Waals surface area (Å²) < 4.78 is 43.8. The number of aromatic nitrogens is 4. The molecule has 0 radical (unpaired) electrons. The van der Waals surface area contributed by atoms with Gasteiger partial charge in [0.05, 0.1) is 39.2 Å². The van der Waals surface area contributed by atoms with Gasteiger partial charge in [0, 0.05) is 53.6 Å². The zero-order chi connectivity index (χ0) is 74.8. The van der Waals surface area contributed by atoms with Gasteiger partial charge in [-0.05, 0) is 160 Å². The number of aliphatic carboxylic acids is 1. The van der Waals surface area contributed by atoms with Crippen LogP contribution in [0.2, 0.25) is 15.1 Å². The van der Waals surface area contributed by atoms with Gasteiger partial charge in [-0.3, -0.25) is 47.7 Å². The number of likely N-dealkylation sites (tertiary alicyclic amines) is 3. The fraction of sp³-hybridized carbons (Fsp3) is 0.420. The van der Waals surface area contributed by atoms with Crippen molar-refractivity contribution in [1.82, 2.24) is 60.4 Å². The van der Waals surface area contributed by atoms with Crippen LogP contribution in [-0.2, 0) is 66.4 Å². The van der Waals surface area contributed by atoms with Crippen LogP contribution in [0.4, 0.5) is 13.2 Å². The fourth-order valence-electron chi connectivity index (χ4n) is 11.0. The fourth-order valence-corrected chi connectivity index (χ4v) is 11.6. The first-order valence-electron chi connectivity index (χ1n) is 32.6. The smallest absolute Gasteiger partial charge is 1.00 e. The second-order valence-electron chi connectivity index (χ2n) is 24.3. The molecule has 104 heavy (non-hydrogen) atoms. The van der Waals surface area contributed by atoms with Crippen LogP contribution in [0.1, 0.15) is 77.6 Å². The summed E-state index contributed by atoms with van der Waals surface area (Å²) in [5, 5.41) is 37.5. The number of primary amides is 2. The Kier molecular flexibility index (Phi) is 44.4. The van der Waals surface area contributed by atoms with E-state index >= 15 is 0 Å². The Balaban J connectivity index is 0.000000471. The van der Waals surface area contributed by atoms with E-state index in [1.807, 2.05) is 0 Å². The van der Waals surface area contributed by atoms with Crippen LogP contribution >= 0.6 is 46.4 Å². The second kappa shape index (κ2) is 49.7. The summed E-state index contributed by atoms with van der Waals surface area (Å²) in [4.78, 5) is 102. The van der Waals surface area contributed by atoms with Gasteiger partial charge in [-0.2, -0.15) is 10.2 Å². The number of piperidine rings is 3. The maximum absolute atomic E-state index is 14.2. The van der Waals surface area contributed by atoms with Crippen molar-refractivity contribution in [1.29, 1.82) is 0 Å². The molecule has 7 aromatic rings. The van der Waals surface area contributed by atoms with Gasteiger partial charge in [-0.1, -0.05) is 108 Å². The molecule has 3 fully saturated rings. The van der Waals surface area contributed by atoms with Crippen molar-refractivity contribution in [2.24, 2.45) is 35.0 Å². The van der Waals surface area contributed by atoms with Gasteiger partial charge >= 0.3 is 109 Å². The Morgan fingerprint density at radius 2 is 0.971 bits per heavy atom. The second-order valence-corrected chi connectivity index (χ2v) is 25.8. The summed E-state index contributed by atoms with van der Waals surface area (Å²) in [6.07, 6.45) is 6.75. The number of carbonyl (C=O) groups is 8. The topological polar surface area (TPSA) is 364 Å². The number of rotatable bonds is 23. The monoisotopic (exact) mass is 1580 g/mol. The predicted molar refractivity (Wildman–Crippen MR) is 382 cm³/mol. The largest absolute Gasteiger partial charge is 1.00 e. The number of nitrogens with one attached hydrogen (secondary N) is 4. The van der Waals surface area contributed by atoms with Gasteiger partial charge in [0.15, 0.2) is 11.4 Å². The van der Waals surface area contributed by atoms with E-state index in [1.165, 1.54) is 71.2 Å². The Labute approximate surface area is 708 Å². The number of carbonyl (C=O) groups excluding carboxylic acids is 7. The average molecular weight is 1580 g/mol. The Morgan fingerprint density at radius 3 is 1.36 bits per heavy atom. The molecule has 0 atom stereocenters. The summed E-state index contributed by atoms with van der Waals surface area (Å²) in [7, 11) is 6.36. The minimum atomic E-state index is -1.02. The molecule has 10 rings (SSSR count). The first-order valence-corrected chi connectivity index (χ1v) is 34.3. The van der Waals surface area contributed by atoms with E-state index in [0.717, 1.165) is 58.0 Å². The van der Waals surface area contributed by atoms with Crippen molar-refractivity contribution in [3.8, 4) is 0 Å². The molecule has 3 aliphatic heterocycles. The molecule has 0 spiro atoms. The third-order valence-electron chi connectivity index (χ3n) is 16.8. The number of nitrogens with two attached hydrogens (primary N) is 3. The van der Waals surface area contributed by atoms with Crippen LogP contribution in [0.15, 0.2) is 103 Å². The van der Waals surface area contributed by atoms with Crippen molar-refractivity contribution in [3.05, 3.63) is 164 Å². The van der Waals surface area contributed by atoms with E-state index in [4.69, 9.17) is 78.8 Å². The number of carboxylic acid groups (broad SMARTS) is 1. The van der Waals surface area contributed by atoms with Gasteiger partial charge in [-0.15, -0.1) is 11.6 Å². The minimum absolute atomic E-state index is 0. The molecule has 26 nitrogen and oxygen atoms in total. The summed E-state index contributed by atoms with van der Waals surface area (Å²) in [5.41, 5.74) is 18.5. The van der Waals surface area contributed by atoms with Crippen molar-refractivity contribution in [2.75, 3.05) is 99.0 Å². The van der Waals surface area contributed by atoms with E-state index in [9.17, 15) is 46.7 Å². The number of nitrogens with zero attached hydrogens (tertiary/aromatic N) is 8. The van der Waals surface area contributed by atoms with Crippen LogP contribution in [0.5, 0.6) is 0 Å². The number of hydrogen-bond acceptors (Lipinski definition) is 17. The van der Waals surface area contributed by atoms with Crippen LogP contribution in [0.25, 0.3) is 21.8 Å². The summed E-state index contributed by atoms with van der Waals surface area (Å²) >= 11 is 22.3. The molecule has 0 saturated carbocycles. The number of amides is 6. The number of fused-ring (bicyclic) bond motifs is 2. The Morgan fingerprint density at radius 1 is 0.596 bits per heavy atom. The summed E-state index contributed by atoms with van der Waals surface area (Å²) in [5.74, 6) is -3.59. The Bertz CT molecular complexity index is 3910. The summed E-state index contributed by atoms with van der Waals surface area (Å²) in [6, 6.07) is 27.9. The molecule has 556 valence electrons. The SMILES string of the molecule is CN1CCC(CN(CC(=O)NCc2cccc(Cl)c2F)C(=O)Cn2nc(C(N)=O)c3ccccc32)CC1.CN1CCC(CN)CC1.CN1CCC(CNCC(=O)NCc2cccc(Cl)c2F)CC1.NC(=O)c1nn(CC(=O)O)c2ccccc12.O=C(CCl)NCc1cccc(Cl)c1F.O=CO[O-].[H-].[K+].[K+]. The van der Waals surface area contributed by atoms with Crippen molar-refractivity contribution < 1.29 is 171 Å². The standard InChI is InChI=1S/C26H30ClFN6O3.C16H23ClFN3O.C10H9N3O3.C9H8Cl2FNO.C7H16N2.CH2O3.2K.H/c1-32-11-9-17(10-12-32)14-33(15-22(35)30-13-18-5-4-7-20(27)24(18)28)23(36)16-34-21-8-3-2-6-19(21)25(31-34)26(29)37;1-21-7-5-12(6-8-21)9-19-11-15(22)20-10-13-3-2-4-14(17)16(13)18;11-10(16)9-6-3-1-2-4-7(6)13(12-9)5-8(14)15;10-4-8(14)13-5-6-2-1-3-7(11)9(6)12;1-9-4-2-7(6-8)3-5-9;2-1-4-3;;;/h2-8,17H,9-16H2,1H3,(H2,29,37)(H,30,35);2-4,12,19H,5-11H2,1H3,(H,20,22);1-4H,5H2,(H2,11,16)(H,14,15);1-3H,4-5H2,(H,13,14);7H,2-6,8H2,1H3;1,3H;;;/q;;;;;;2*+1;-1/p-1. The van der Waals surface area contributed by atoms with E-state index < -0.39 is 41.1 Å². The minimum Gasteiger partial charge on any atom is -1.00 e. The predicted octanol–water partition coefficient (Wildman–Crippen LogP) is -0.163. The van der Waals surface area contributed by atoms with Gasteiger partial charge in [0.1, 0.15) is 36.4 Å². The van der Waals surface area contributed by atoms with Crippen LogP contribution in [-0.4, -0.2) is 191 Å². The number of halogens is 7. The van der Waals surface area contributed by atoms with Crippen LogP contribution in [0.3, 0.4) is 0 Å². The van der Waals surface area contributed by atoms with E-state index in [0.29, 0.717) is 45.4 Å². The number of para-hydroxylation sites is 2. The summed E-state index contributed by atoms with van der Waals surface area (Å²) in [6.45, 7) is 8.33. The number of benzene rings is 5. The van der Waals surface area contributed by atoms with Crippen molar-refractivity contribution in [3.63, 3.8) is 0 Å². The molecule has 11 N–H and O–H groups in total.